The van der Waals surface area contributed by atoms with Crippen LogP contribution in [0, 0.1) is 0 Å². The lowest BCUT2D eigenvalue weighted by Gasteiger charge is -2.09. The number of carboxylic acids is 2. The Balaban J connectivity index is 2.65. The second-order valence-electron chi connectivity index (χ2n) is 3.85. The van der Waals surface area contributed by atoms with Gasteiger partial charge in [-0.1, -0.05) is 6.07 Å². The van der Waals surface area contributed by atoms with E-state index in [9.17, 15) is 9.59 Å². The molecule has 0 saturated carbocycles. The molecular formula is C13H11NO7. The van der Waals surface area contributed by atoms with Crippen molar-refractivity contribution >= 4 is 11.9 Å². The van der Waals surface area contributed by atoms with Gasteiger partial charge in [0.25, 0.3) is 0 Å². The number of benzene rings is 1. The van der Waals surface area contributed by atoms with Crippen LogP contribution in [0.2, 0.25) is 0 Å². The number of aromatic nitrogens is 1. The zero-order chi connectivity index (χ0) is 15.6. The van der Waals surface area contributed by atoms with E-state index >= 15 is 0 Å². The first kappa shape index (κ1) is 14.4. The van der Waals surface area contributed by atoms with Gasteiger partial charge in [0.05, 0.1) is 19.8 Å². The number of nitrogens with zero attached hydrogens (tertiary/aromatic N) is 1. The molecule has 0 fully saturated rings. The van der Waals surface area contributed by atoms with Crippen molar-refractivity contribution in [2.24, 2.45) is 0 Å². The molecule has 110 valence electrons. The van der Waals surface area contributed by atoms with Crippen molar-refractivity contribution in [2.75, 3.05) is 14.2 Å². The zero-order valence-corrected chi connectivity index (χ0v) is 11.1. The maximum absolute atomic E-state index is 11.0. The van der Waals surface area contributed by atoms with Gasteiger partial charge in [0.1, 0.15) is 0 Å². The van der Waals surface area contributed by atoms with E-state index < -0.39 is 23.4 Å². The first-order chi connectivity index (χ1) is 9.99. The van der Waals surface area contributed by atoms with Gasteiger partial charge in [0.15, 0.2) is 11.5 Å². The summed E-state index contributed by atoms with van der Waals surface area (Å²) in [7, 11) is 2.82. The number of oxazole rings is 1. The molecule has 1 aromatic heterocycles. The summed E-state index contributed by atoms with van der Waals surface area (Å²) in [5, 5.41) is 17.9. The lowest BCUT2D eigenvalue weighted by molar-refractivity contribution is 0.0624. The van der Waals surface area contributed by atoms with Crippen LogP contribution in [0.15, 0.2) is 22.6 Å². The summed E-state index contributed by atoms with van der Waals surface area (Å²) in [5.74, 6) is -3.31. The molecule has 0 bridgehead atoms. The van der Waals surface area contributed by atoms with Gasteiger partial charge in [-0.05, 0) is 12.1 Å². The fourth-order valence-corrected chi connectivity index (χ4v) is 1.78. The van der Waals surface area contributed by atoms with Crippen molar-refractivity contribution in [3.63, 3.8) is 0 Å². The highest BCUT2D eigenvalue weighted by Crippen LogP contribution is 2.37. The molecule has 2 N–H and O–H groups in total. The van der Waals surface area contributed by atoms with Crippen LogP contribution in [0.5, 0.6) is 11.5 Å². The molecule has 2 aromatic rings. The first-order valence-corrected chi connectivity index (χ1v) is 5.68. The lowest BCUT2D eigenvalue weighted by Crippen LogP contribution is -2.05. The third-order valence-electron chi connectivity index (χ3n) is 2.66. The third kappa shape index (κ3) is 2.50. The molecule has 0 radical (unpaired) electrons. The molecule has 0 amide bonds. The van der Waals surface area contributed by atoms with Gasteiger partial charge in [-0.3, -0.25) is 0 Å². The van der Waals surface area contributed by atoms with Gasteiger partial charge < -0.3 is 24.1 Å². The number of para-hydroxylation sites is 1. The Kier molecular flexibility index (Phi) is 3.79. The van der Waals surface area contributed by atoms with E-state index in [-0.39, 0.29) is 17.2 Å². The highest BCUT2D eigenvalue weighted by Gasteiger charge is 2.27. The highest BCUT2D eigenvalue weighted by atomic mass is 16.5. The molecule has 0 unspecified atom stereocenters. The van der Waals surface area contributed by atoms with Gasteiger partial charge >= 0.3 is 11.9 Å². The smallest absolute Gasteiger partial charge is 0.374 e. The Hall–Kier alpha value is -3.03. The summed E-state index contributed by atoms with van der Waals surface area (Å²) in [6, 6.07) is 4.79. The Morgan fingerprint density at radius 1 is 1.14 bits per heavy atom. The first-order valence-electron chi connectivity index (χ1n) is 5.68. The predicted molar refractivity (Wildman–Crippen MR) is 69.0 cm³/mol. The maximum atomic E-state index is 11.0. The maximum Gasteiger partial charge on any atom is 0.374 e. The van der Waals surface area contributed by atoms with E-state index in [4.69, 9.17) is 24.1 Å². The summed E-state index contributed by atoms with van der Waals surface area (Å²) in [5.41, 5.74) is -0.394. The standard InChI is InChI=1S/C13H11NO7/c1-19-7-5-3-4-6(9(7)20-2)11-14-8(12(15)16)10(21-11)13(17)18/h3-5H,1-2H3,(H,15,16)(H,17,18). The Bertz CT molecular complexity index is 673. The molecule has 0 aliphatic rings. The van der Waals surface area contributed by atoms with Crippen LogP contribution in [-0.4, -0.2) is 41.4 Å². The van der Waals surface area contributed by atoms with Crippen LogP contribution >= 0.6 is 0 Å². The second-order valence-corrected chi connectivity index (χ2v) is 3.85. The number of carbonyl (C=O) groups is 2. The van der Waals surface area contributed by atoms with Crippen LogP contribution < -0.4 is 9.47 Å². The molecule has 8 heteroatoms. The fraction of sp³-hybridized carbons (Fsp3) is 0.154. The predicted octanol–water partition coefficient (Wildman–Crippen LogP) is 1.76. The minimum absolute atomic E-state index is 0.180. The summed E-state index contributed by atoms with van der Waals surface area (Å²) in [6.45, 7) is 0. The largest absolute Gasteiger partial charge is 0.493 e. The van der Waals surface area contributed by atoms with Crippen molar-refractivity contribution < 1.29 is 33.7 Å². The van der Waals surface area contributed by atoms with Gasteiger partial charge in [-0.15, -0.1) is 0 Å². The van der Waals surface area contributed by atoms with E-state index in [1.807, 2.05) is 0 Å². The van der Waals surface area contributed by atoms with Crippen LogP contribution in [-0.2, 0) is 0 Å². The van der Waals surface area contributed by atoms with Crippen molar-refractivity contribution in [2.45, 2.75) is 0 Å². The quantitative estimate of drug-likeness (QED) is 0.855. The van der Waals surface area contributed by atoms with Crippen LogP contribution in [0.25, 0.3) is 11.5 Å². The van der Waals surface area contributed by atoms with Gasteiger partial charge in [-0.2, -0.15) is 0 Å². The summed E-state index contributed by atoms with van der Waals surface area (Å²) in [6.07, 6.45) is 0. The van der Waals surface area contributed by atoms with E-state index in [1.54, 1.807) is 18.2 Å². The average molecular weight is 293 g/mol. The number of hydrogen-bond acceptors (Lipinski definition) is 6. The number of methoxy groups -OCH3 is 2. The van der Waals surface area contributed by atoms with Crippen LogP contribution in [0.4, 0.5) is 0 Å². The van der Waals surface area contributed by atoms with Gasteiger partial charge in [0, 0.05) is 0 Å². The summed E-state index contributed by atoms with van der Waals surface area (Å²) in [4.78, 5) is 25.7. The Morgan fingerprint density at radius 2 is 1.86 bits per heavy atom. The Morgan fingerprint density at radius 3 is 2.33 bits per heavy atom. The zero-order valence-electron chi connectivity index (χ0n) is 11.1. The molecule has 0 aliphatic heterocycles. The molecule has 2 rings (SSSR count). The van der Waals surface area contributed by atoms with Crippen molar-refractivity contribution in [1.29, 1.82) is 0 Å². The lowest BCUT2D eigenvalue weighted by atomic mass is 10.2. The summed E-state index contributed by atoms with van der Waals surface area (Å²) >= 11 is 0. The van der Waals surface area contributed by atoms with E-state index in [0.29, 0.717) is 5.75 Å². The highest BCUT2D eigenvalue weighted by molar-refractivity contribution is 5.98. The SMILES string of the molecule is COc1cccc(-c2nc(C(=O)O)c(C(=O)O)o2)c1OC. The third-order valence-corrected chi connectivity index (χ3v) is 2.66. The molecule has 0 atom stereocenters. The number of aromatic carboxylic acids is 2. The average Bonchev–Trinajstić information content (AvgIpc) is 2.91. The number of carboxylic acid groups (broad SMARTS) is 2. The van der Waals surface area contributed by atoms with Crippen molar-refractivity contribution in [3.8, 4) is 23.0 Å². The molecular weight excluding hydrogens is 282 g/mol. The Labute approximate surface area is 118 Å². The number of ether oxygens (including phenoxy) is 2. The molecule has 0 aliphatic carbocycles. The fourth-order valence-electron chi connectivity index (χ4n) is 1.78. The molecule has 21 heavy (non-hydrogen) atoms. The van der Waals surface area contributed by atoms with Crippen molar-refractivity contribution in [3.05, 3.63) is 29.7 Å². The van der Waals surface area contributed by atoms with Crippen molar-refractivity contribution in [1.82, 2.24) is 4.98 Å². The monoisotopic (exact) mass is 293 g/mol. The normalized spacial score (nSPS) is 10.2. The molecule has 0 saturated heterocycles. The number of rotatable bonds is 5. The molecule has 1 aromatic carbocycles. The molecule has 8 nitrogen and oxygen atoms in total. The van der Waals surface area contributed by atoms with E-state index in [2.05, 4.69) is 4.98 Å². The van der Waals surface area contributed by atoms with Crippen LogP contribution in [0.3, 0.4) is 0 Å². The molecule has 1 heterocycles. The topological polar surface area (TPSA) is 119 Å². The van der Waals surface area contributed by atoms with Gasteiger partial charge in [0.2, 0.25) is 17.3 Å². The minimum Gasteiger partial charge on any atom is -0.493 e. The second kappa shape index (κ2) is 5.53. The minimum atomic E-state index is -1.52. The van der Waals surface area contributed by atoms with E-state index in [0.717, 1.165) is 0 Å². The van der Waals surface area contributed by atoms with E-state index in [1.165, 1.54) is 14.2 Å². The van der Waals surface area contributed by atoms with Gasteiger partial charge in [-0.25, -0.2) is 14.6 Å². The van der Waals surface area contributed by atoms with Crippen LogP contribution in [0.1, 0.15) is 21.0 Å². The number of hydrogen-bond donors (Lipinski definition) is 2. The molecule has 0 spiro atoms. The summed E-state index contributed by atoms with van der Waals surface area (Å²) < 4.78 is 15.3.